The molecule has 1 aromatic rings. The minimum atomic E-state index is -0.0410. The number of hydrogen-bond donors (Lipinski definition) is 2. The van der Waals surface area contributed by atoms with Crippen LogP contribution >= 0.6 is 0 Å². The van der Waals surface area contributed by atoms with Gasteiger partial charge in [0.2, 0.25) is 0 Å². The van der Waals surface area contributed by atoms with Crippen LogP contribution in [0.4, 0.5) is 0 Å². The molecule has 0 aromatic heterocycles. The summed E-state index contributed by atoms with van der Waals surface area (Å²) >= 11 is 0. The van der Waals surface area contributed by atoms with Crippen molar-refractivity contribution in [2.45, 2.75) is 38.3 Å². The van der Waals surface area contributed by atoms with Crippen molar-refractivity contribution in [1.29, 1.82) is 0 Å². The maximum absolute atomic E-state index is 12.6. The van der Waals surface area contributed by atoms with Crippen molar-refractivity contribution < 1.29 is 9.59 Å². The molecule has 6 nitrogen and oxygen atoms in total. The summed E-state index contributed by atoms with van der Waals surface area (Å²) in [6.45, 7) is 6.42. The highest BCUT2D eigenvalue weighted by Crippen LogP contribution is 2.24. The molecular weight excluding hydrogens is 328 g/mol. The van der Waals surface area contributed by atoms with Gasteiger partial charge in [-0.1, -0.05) is 6.42 Å². The molecule has 1 aromatic carbocycles. The van der Waals surface area contributed by atoms with E-state index in [0.717, 1.165) is 56.8 Å². The highest BCUT2D eigenvalue weighted by Gasteiger charge is 2.28. The van der Waals surface area contributed by atoms with Gasteiger partial charge in [-0.05, 0) is 62.7 Å². The maximum Gasteiger partial charge on any atom is 0.254 e. The van der Waals surface area contributed by atoms with Crippen LogP contribution in [0.3, 0.4) is 0 Å². The van der Waals surface area contributed by atoms with E-state index in [4.69, 9.17) is 0 Å². The fourth-order valence-electron chi connectivity index (χ4n) is 4.19. The first-order valence-electron chi connectivity index (χ1n) is 9.87. The average Bonchev–Trinajstić information content (AvgIpc) is 3.28. The molecule has 6 heteroatoms. The molecule has 1 atom stereocenters. The lowest BCUT2D eigenvalue weighted by atomic mass is 10.1. The summed E-state index contributed by atoms with van der Waals surface area (Å²) in [5, 5.41) is 6.32. The minimum absolute atomic E-state index is 0.0410. The molecule has 4 rings (SSSR count). The number of piperidine rings is 1. The van der Waals surface area contributed by atoms with Crippen LogP contribution in [0.2, 0.25) is 0 Å². The van der Waals surface area contributed by atoms with Crippen LogP contribution in [0.1, 0.15) is 52.0 Å². The largest absolute Gasteiger partial charge is 0.348 e. The standard InChI is InChI=1S/C20H28N4O2/c25-19(22-17-6-7-21-13-17)15-4-5-18-16(12-15)14-24(20(18)26)11-10-23-8-2-1-3-9-23/h4-5,12,17,21H,1-3,6-11,13-14H2,(H,22,25)/t17-/m1/s1. The van der Waals surface area contributed by atoms with E-state index >= 15 is 0 Å². The van der Waals surface area contributed by atoms with Crippen LogP contribution < -0.4 is 10.6 Å². The maximum atomic E-state index is 12.6. The van der Waals surface area contributed by atoms with Crippen LogP contribution in [-0.2, 0) is 6.54 Å². The van der Waals surface area contributed by atoms with Gasteiger partial charge in [0.05, 0.1) is 0 Å². The molecule has 0 unspecified atom stereocenters. The predicted molar refractivity (Wildman–Crippen MR) is 100 cm³/mol. The topological polar surface area (TPSA) is 64.7 Å². The molecule has 0 saturated carbocycles. The molecular formula is C20H28N4O2. The van der Waals surface area contributed by atoms with Gasteiger partial charge in [0, 0.05) is 43.3 Å². The summed E-state index contributed by atoms with van der Waals surface area (Å²) in [5.41, 5.74) is 2.38. The van der Waals surface area contributed by atoms with Crippen LogP contribution in [0.25, 0.3) is 0 Å². The van der Waals surface area contributed by atoms with E-state index in [0.29, 0.717) is 12.1 Å². The number of amides is 2. The fourth-order valence-corrected chi connectivity index (χ4v) is 4.19. The van der Waals surface area contributed by atoms with E-state index < -0.39 is 0 Å². The number of rotatable bonds is 5. The van der Waals surface area contributed by atoms with Crippen molar-refractivity contribution in [1.82, 2.24) is 20.4 Å². The van der Waals surface area contributed by atoms with Gasteiger partial charge in [-0.25, -0.2) is 0 Å². The zero-order valence-electron chi connectivity index (χ0n) is 15.3. The molecule has 0 spiro atoms. The Kier molecular flexibility index (Phi) is 5.22. The van der Waals surface area contributed by atoms with Crippen molar-refractivity contribution >= 4 is 11.8 Å². The second kappa shape index (κ2) is 7.76. The number of fused-ring (bicyclic) bond motifs is 1. The fraction of sp³-hybridized carbons (Fsp3) is 0.600. The molecule has 0 radical (unpaired) electrons. The Bertz CT molecular complexity index is 678. The van der Waals surface area contributed by atoms with Gasteiger partial charge in [-0.2, -0.15) is 0 Å². The number of benzene rings is 1. The third kappa shape index (κ3) is 3.76. The molecule has 0 aliphatic carbocycles. The SMILES string of the molecule is O=C(N[C@@H]1CCNC1)c1ccc2c(c1)CN(CCN1CCCCC1)C2=O. The molecule has 2 fully saturated rings. The Morgan fingerprint density at radius 1 is 1.19 bits per heavy atom. The van der Waals surface area contributed by atoms with Crippen molar-refractivity contribution in [2.75, 3.05) is 39.3 Å². The molecule has 3 heterocycles. The Balaban J connectivity index is 1.37. The van der Waals surface area contributed by atoms with E-state index in [1.54, 1.807) is 6.07 Å². The van der Waals surface area contributed by atoms with Crippen LogP contribution in [0.5, 0.6) is 0 Å². The Hall–Kier alpha value is -1.92. The second-order valence-electron chi connectivity index (χ2n) is 7.66. The number of nitrogens with zero attached hydrogens (tertiary/aromatic N) is 2. The summed E-state index contributed by atoms with van der Waals surface area (Å²) in [6, 6.07) is 5.70. The van der Waals surface area contributed by atoms with E-state index in [-0.39, 0.29) is 17.9 Å². The Labute approximate surface area is 154 Å². The smallest absolute Gasteiger partial charge is 0.254 e. The lowest BCUT2D eigenvalue weighted by molar-refractivity contribution is 0.0752. The highest BCUT2D eigenvalue weighted by molar-refractivity contribution is 6.01. The van der Waals surface area contributed by atoms with Crippen molar-refractivity contribution in [2.24, 2.45) is 0 Å². The molecule has 0 bridgehead atoms. The molecule has 2 amide bonds. The summed E-state index contributed by atoms with van der Waals surface area (Å²) in [5.74, 6) is 0.0599. The summed E-state index contributed by atoms with van der Waals surface area (Å²) in [7, 11) is 0. The number of carbonyl (C=O) groups excluding carboxylic acids is 2. The number of likely N-dealkylation sites (tertiary alicyclic amines) is 1. The first-order valence-corrected chi connectivity index (χ1v) is 9.87. The second-order valence-corrected chi connectivity index (χ2v) is 7.66. The Morgan fingerprint density at radius 2 is 2.04 bits per heavy atom. The van der Waals surface area contributed by atoms with Gasteiger partial charge >= 0.3 is 0 Å². The molecule has 3 aliphatic rings. The zero-order valence-corrected chi connectivity index (χ0v) is 15.3. The number of hydrogen-bond acceptors (Lipinski definition) is 4. The molecule has 3 aliphatic heterocycles. The lowest BCUT2D eigenvalue weighted by Gasteiger charge is -2.28. The molecule has 2 saturated heterocycles. The van der Waals surface area contributed by atoms with Gasteiger partial charge in [-0.15, -0.1) is 0 Å². The summed E-state index contributed by atoms with van der Waals surface area (Å²) in [6.07, 6.45) is 4.83. The lowest BCUT2D eigenvalue weighted by Crippen LogP contribution is -2.38. The third-order valence-corrected chi connectivity index (χ3v) is 5.78. The van der Waals surface area contributed by atoms with Crippen molar-refractivity contribution in [3.8, 4) is 0 Å². The number of carbonyl (C=O) groups is 2. The Morgan fingerprint density at radius 3 is 2.81 bits per heavy atom. The van der Waals surface area contributed by atoms with E-state index in [9.17, 15) is 9.59 Å². The molecule has 140 valence electrons. The average molecular weight is 356 g/mol. The third-order valence-electron chi connectivity index (χ3n) is 5.78. The predicted octanol–water partition coefficient (Wildman–Crippen LogP) is 1.22. The zero-order chi connectivity index (χ0) is 17.9. The number of nitrogens with one attached hydrogen (secondary N) is 2. The monoisotopic (exact) mass is 356 g/mol. The first kappa shape index (κ1) is 17.5. The first-order chi connectivity index (χ1) is 12.7. The van der Waals surface area contributed by atoms with Crippen LogP contribution in [0.15, 0.2) is 18.2 Å². The van der Waals surface area contributed by atoms with E-state index in [1.807, 2.05) is 17.0 Å². The van der Waals surface area contributed by atoms with Gasteiger partial charge < -0.3 is 20.4 Å². The van der Waals surface area contributed by atoms with Crippen LogP contribution in [0, 0.1) is 0 Å². The van der Waals surface area contributed by atoms with E-state index in [1.165, 1.54) is 19.3 Å². The molecule has 26 heavy (non-hydrogen) atoms. The van der Waals surface area contributed by atoms with Gasteiger partial charge in [0.1, 0.15) is 0 Å². The normalized spacial score (nSPS) is 23.3. The van der Waals surface area contributed by atoms with Gasteiger partial charge in [-0.3, -0.25) is 9.59 Å². The van der Waals surface area contributed by atoms with Crippen molar-refractivity contribution in [3.05, 3.63) is 34.9 Å². The highest BCUT2D eigenvalue weighted by atomic mass is 16.2. The summed E-state index contributed by atoms with van der Waals surface area (Å²) < 4.78 is 0. The van der Waals surface area contributed by atoms with Crippen molar-refractivity contribution in [3.63, 3.8) is 0 Å². The molecule has 2 N–H and O–H groups in total. The quantitative estimate of drug-likeness (QED) is 0.833. The van der Waals surface area contributed by atoms with E-state index in [2.05, 4.69) is 15.5 Å². The summed E-state index contributed by atoms with van der Waals surface area (Å²) in [4.78, 5) is 29.5. The van der Waals surface area contributed by atoms with Gasteiger partial charge in [0.15, 0.2) is 0 Å². The van der Waals surface area contributed by atoms with Gasteiger partial charge in [0.25, 0.3) is 11.8 Å². The minimum Gasteiger partial charge on any atom is -0.348 e. The van der Waals surface area contributed by atoms with Crippen LogP contribution in [-0.4, -0.2) is 66.9 Å².